The fourth-order valence-electron chi connectivity index (χ4n) is 4.31. The highest BCUT2D eigenvalue weighted by Gasteiger charge is 2.30. The summed E-state index contributed by atoms with van der Waals surface area (Å²) in [6.45, 7) is 3.85. The molecular formula is C18H33N3O2. The van der Waals surface area contributed by atoms with Gasteiger partial charge >= 0.3 is 6.03 Å². The van der Waals surface area contributed by atoms with Gasteiger partial charge in [0.15, 0.2) is 0 Å². The van der Waals surface area contributed by atoms with Crippen molar-refractivity contribution >= 4 is 6.03 Å². The molecule has 1 saturated carbocycles. The number of hydrogen-bond donors (Lipinski definition) is 2. The van der Waals surface area contributed by atoms with E-state index in [0.29, 0.717) is 12.1 Å². The minimum Gasteiger partial charge on any atom is -0.378 e. The molecule has 2 atom stereocenters. The molecule has 0 aromatic rings. The highest BCUT2D eigenvalue weighted by molar-refractivity contribution is 5.74. The lowest BCUT2D eigenvalue weighted by atomic mass is 10.0. The number of rotatable bonds is 6. The first-order valence-electron chi connectivity index (χ1n) is 9.71. The zero-order chi connectivity index (χ0) is 15.9. The number of amides is 2. The van der Waals surface area contributed by atoms with E-state index in [1.807, 2.05) is 0 Å². The van der Waals surface area contributed by atoms with Crippen molar-refractivity contribution in [3.63, 3.8) is 0 Å². The molecule has 0 spiro atoms. The van der Waals surface area contributed by atoms with E-state index in [1.54, 1.807) is 0 Å². The lowest BCUT2D eigenvalue weighted by Crippen LogP contribution is -2.44. The van der Waals surface area contributed by atoms with Gasteiger partial charge in [-0.25, -0.2) is 4.79 Å². The van der Waals surface area contributed by atoms with Crippen molar-refractivity contribution in [3.05, 3.63) is 0 Å². The van der Waals surface area contributed by atoms with Gasteiger partial charge in [0.05, 0.1) is 6.10 Å². The Balaban J connectivity index is 1.25. The minimum atomic E-state index is 0.00725. The Hall–Kier alpha value is -0.810. The van der Waals surface area contributed by atoms with E-state index in [1.165, 1.54) is 44.9 Å². The molecule has 5 heteroatoms. The highest BCUT2D eigenvalue weighted by Crippen LogP contribution is 2.26. The first-order chi connectivity index (χ1) is 11.3. The first-order valence-corrected chi connectivity index (χ1v) is 9.71. The minimum absolute atomic E-state index is 0.00725. The molecular weight excluding hydrogens is 290 g/mol. The molecule has 3 fully saturated rings. The van der Waals surface area contributed by atoms with Crippen molar-refractivity contribution in [2.75, 3.05) is 26.2 Å². The molecule has 2 heterocycles. The van der Waals surface area contributed by atoms with Gasteiger partial charge < -0.3 is 15.4 Å². The van der Waals surface area contributed by atoms with Crippen LogP contribution in [0.25, 0.3) is 0 Å². The smallest absolute Gasteiger partial charge is 0.315 e. The van der Waals surface area contributed by atoms with Crippen molar-refractivity contribution in [1.29, 1.82) is 0 Å². The monoisotopic (exact) mass is 323 g/mol. The predicted octanol–water partition coefficient (Wildman–Crippen LogP) is 2.65. The average molecular weight is 323 g/mol. The van der Waals surface area contributed by atoms with Gasteiger partial charge in [-0.1, -0.05) is 12.8 Å². The molecule has 3 rings (SSSR count). The third-order valence-corrected chi connectivity index (χ3v) is 5.66. The summed E-state index contributed by atoms with van der Waals surface area (Å²) in [5.41, 5.74) is 0. The largest absolute Gasteiger partial charge is 0.378 e. The van der Waals surface area contributed by atoms with Crippen molar-refractivity contribution in [2.45, 2.75) is 82.4 Å². The summed E-state index contributed by atoms with van der Waals surface area (Å²) < 4.78 is 5.72. The fourth-order valence-corrected chi connectivity index (χ4v) is 4.31. The molecule has 2 N–H and O–H groups in total. The van der Waals surface area contributed by atoms with Crippen LogP contribution >= 0.6 is 0 Å². The van der Waals surface area contributed by atoms with Crippen LogP contribution in [0, 0.1) is 0 Å². The van der Waals surface area contributed by atoms with Gasteiger partial charge in [-0.05, 0) is 51.4 Å². The van der Waals surface area contributed by atoms with Gasteiger partial charge in [-0.15, -0.1) is 0 Å². The molecule has 5 nitrogen and oxygen atoms in total. The maximum absolute atomic E-state index is 12.0. The van der Waals surface area contributed by atoms with Gasteiger partial charge in [0, 0.05) is 38.3 Å². The van der Waals surface area contributed by atoms with E-state index in [9.17, 15) is 4.79 Å². The molecule has 2 saturated heterocycles. The number of hydrogen-bond acceptors (Lipinski definition) is 3. The third kappa shape index (κ3) is 5.35. The molecule has 0 aromatic heterocycles. The summed E-state index contributed by atoms with van der Waals surface area (Å²) in [6.07, 6.45) is 12.7. The van der Waals surface area contributed by atoms with Gasteiger partial charge in [-0.2, -0.15) is 0 Å². The number of urea groups is 1. The number of nitrogens with zero attached hydrogens (tertiary/aromatic N) is 1. The Morgan fingerprint density at radius 3 is 2.70 bits per heavy atom. The maximum Gasteiger partial charge on any atom is 0.315 e. The molecule has 23 heavy (non-hydrogen) atoms. The lowest BCUT2D eigenvalue weighted by molar-refractivity contribution is 0.0103. The van der Waals surface area contributed by atoms with Crippen LogP contribution in [0.2, 0.25) is 0 Å². The van der Waals surface area contributed by atoms with Gasteiger partial charge in [0.1, 0.15) is 0 Å². The molecule has 2 aliphatic heterocycles. The number of ether oxygens (including phenoxy) is 1. The van der Waals surface area contributed by atoms with Crippen molar-refractivity contribution in [3.8, 4) is 0 Å². The van der Waals surface area contributed by atoms with E-state index in [-0.39, 0.29) is 6.03 Å². The van der Waals surface area contributed by atoms with E-state index in [4.69, 9.17) is 4.74 Å². The summed E-state index contributed by atoms with van der Waals surface area (Å²) in [6, 6.07) is 1.12. The molecule has 0 radical (unpaired) electrons. The van der Waals surface area contributed by atoms with Gasteiger partial charge in [-0.3, -0.25) is 4.90 Å². The second kappa shape index (κ2) is 8.88. The Morgan fingerprint density at radius 2 is 1.91 bits per heavy atom. The molecule has 0 aromatic carbocycles. The third-order valence-electron chi connectivity index (χ3n) is 5.66. The Morgan fingerprint density at radius 1 is 1.09 bits per heavy atom. The predicted molar refractivity (Wildman–Crippen MR) is 91.6 cm³/mol. The Labute approximate surface area is 140 Å². The van der Waals surface area contributed by atoms with Gasteiger partial charge in [0.25, 0.3) is 0 Å². The van der Waals surface area contributed by atoms with Crippen LogP contribution in [0.3, 0.4) is 0 Å². The van der Waals surface area contributed by atoms with Crippen LogP contribution in [-0.2, 0) is 4.74 Å². The van der Waals surface area contributed by atoms with Crippen LogP contribution in [0.1, 0.15) is 64.2 Å². The SMILES string of the molecule is O=C(NCCC[C@@H]1CCCCO1)N[C@H]1CCN(C2CCCC2)C1. The van der Waals surface area contributed by atoms with Crippen LogP contribution in [0.15, 0.2) is 0 Å². The summed E-state index contributed by atoms with van der Waals surface area (Å²) in [4.78, 5) is 14.6. The number of nitrogens with one attached hydrogen (secondary N) is 2. The zero-order valence-electron chi connectivity index (χ0n) is 14.4. The maximum atomic E-state index is 12.0. The summed E-state index contributed by atoms with van der Waals surface area (Å²) in [5.74, 6) is 0. The highest BCUT2D eigenvalue weighted by atomic mass is 16.5. The van der Waals surface area contributed by atoms with Crippen molar-refractivity contribution in [1.82, 2.24) is 15.5 Å². The van der Waals surface area contributed by atoms with Crippen molar-refractivity contribution in [2.24, 2.45) is 0 Å². The molecule has 3 aliphatic rings. The molecule has 2 amide bonds. The van der Waals surface area contributed by atoms with Crippen molar-refractivity contribution < 1.29 is 9.53 Å². The molecule has 0 unspecified atom stereocenters. The first kappa shape index (κ1) is 17.0. The summed E-state index contributed by atoms with van der Waals surface area (Å²) in [7, 11) is 0. The topological polar surface area (TPSA) is 53.6 Å². The molecule has 132 valence electrons. The normalized spacial score (nSPS) is 29.7. The van der Waals surface area contributed by atoms with Gasteiger partial charge in [0.2, 0.25) is 0 Å². The second-order valence-corrected chi connectivity index (χ2v) is 7.45. The Kier molecular flexibility index (Phi) is 6.57. The van der Waals surface area contributed by atoms with E-state index >= 15 is 0 Å². The number of likely N-dealkylation sites (tertiary alicyclic amines) is 1. The number of carbonyl (C=O) groups is 1. The summed E-state index contributed by atoms with van der Waals surface area (Å²) >= 11 is 0. The van der Waals surface area contributed by atoms with Crippen LogP contribution in [0.5, 0.6) is 0 Å². The Bertz CT molecular complexity index is 365. The van der Waals surface area contributed by atoms with Crippen LogP contribution < -0.4 is 10.6 Å². The molecule has 0 bridgehead atoms. The summed E-state index contributed by atoms with van der Waals surface area (Å²) in [5, 5.41) is 6.16. The van der Waals surface area contributed by atoms with Crippen LogP contribution in [-0.4, -0.2) is 55.4 Å². The van der Waals surface area contributed by atoms with E-state index in [0.717, 1.165) is 51.5 Å². The van der Waals surface area contributed by atoms with Crippen LogP contribution in [0.4, 0.5) is 4.79 Å². The zero-order valence-corrected chi connectivity index (χ0v) is 14.4. The second-order valence-electron chi connectivity index (χ2n) is 7.45. The lowest BCUT2D eigenvalue weighted by Gasteiger charge is -2.23. The van der Waals surface area contributed by atoms with E-state index < -0.39 is 0 Å². The average Bonchev–Trinajstić information content (AvgIpc) is 3.24. The quantitative estimate of drug-likeness (QED) is 0.739. The molecule has 1 aliphatic carbocycles. The number of carbonyl (C=O) groups excluding carboxylic acids is 1. The standard InChI is InChI=1S/C18H33N3O2/c22-18(19-11-5-9-17-8-3-4-13-23-17)20-15-10-12-21(14-15)16-6-1-2-7-16/h15-17H,1-14H2,(H2,19,20,22)/t15-,17-/m0/s1. The fraction of sp³-hybridized carbons (Fsp3) is 0.944. The van der Waals surface area contributed by atoms with E-state index in [2.05, 4.69) is 15.5 Å².